The van der Waals surface area contributed by atoms with Crippen LogP contribution in [0.5, 0.6) is 11.5 Å². The Hall–Kier alpha value is -8.37. The smallest absolute Gasteiger partial charge is 0.132 e. The van der Waals surface area contributed by atoms with Gasteiger partial charge in [-0.15, -0.1) is 0 Å². The zero-order chi connectivity index (χ0) is 45.3. The third-order valence-corrected chi connectivity index (χ3v) is 16.5. The van der Waals surface area contributed by atoms with Crippen LogP contribution < -0.4 is 9.64 Å². The normalized spacial score (nSPS) is 14.4. The highest BCUT2D eigenvalue weighted by Gasteiger charge is 2.52. The van der Waals surface area contributed by atoms with Crippen molar-refractivity contribution >= 4 is 39.6 Å². The van der Waals surface area contributed by atoms with E-state index in [-0.39, 0.29) is 0 Å². The molecule has 0 bridgehead atoms. The fourth-order valence-corrected chi connectivity index (χ4v) is 13.8. The minimum absolute atomic E-state index is 0.506. The van der Waals surface area contributed by atoms with Gasteiger partial charge in [0.05, 0.1) is 16.5 Å². The molecule has 0 fully saturated rings. The van der Waals surface area contributed by atoms with Crippen molar-refractivity contribution in [1.82, 2.24) is 0 Å². The van der Waals surface area contributed by atoms with E-state index in [1.165, 1.54) is 81.8 Å². The lowest BCUT2D eigenvalue weighted by Gasteiger charge is -2.40. The number of fused-ring (bicyclic) bond motifs is 19. The third kappa shape index (κ3) is 5.23. The number of hydrogen-bond acceptors (Lipinski definition) is 3. The van der Waals surface area contributed by atoms with Crippen LogP contribution in [0.2, 0.25) is 0 Å². The molecule has 2 aliphatic heterocycles. The molecule has 3 heteroatoms. The molecule has 69 heavy (non-hydrogen) atoms. The second-order valence-electron chi connectivity index (χ2n) is 18.7. The van der Waals surface area contributed by atoms with E-state index in [0.29, 0.717) is 0 Å². The summed E-state index contributed by atoms with van der Waals surface area (Å²) in [5.41, 5.74) is 19.7. The van der Waals surface area contributed by atoms with Gasteiger partial charge in [0.1, 0.15) is 11.5 Å². The summed E-state index contributed by atoms with van der Waals surface area (Å²) >= 11 is 1.89. The van der Waals surface area contributed by atoms with Gasteiger partial charge in [0.15, 0.2) is 0 Å². The van der Waals surface area contributed by atoms with Gasteiger partial charge in [-0.25, -0.2) is 0 Å². The van der Waals surface area contributed by atoms with Gasteiger partial charge in [-0.1, -0.05) is 194 Å². The quantitative estimate of drug-likeness (QED) is 0.175. The molecule has 0 N–H and O–H groups in total. The Bertz CT molecular complexity index is 3850. The molecule has 4 aliphatic rings. The average molecular weight is 896 g/mol. The molecule has 2 aliphatic carbocycles. The van der Waals surface area contributed by atoms with Gasteiger partial charge in [0.25, 0.3) is 0 Å². The molecular weight excluding hydrogens is 855 g/mol. The van der Waals surface area contributed by atoms with Crippen molar-refractivity contribution < 1.29 is 4.74 Å². The molecule has 0 saturated carbocycles. The lowest BCUT2D eigenvalue weighted by Crippen LogP contribution is -2.32. The number of rotatable bonds is 4. The van der Waals surface area contributed by atoms with Crippen molar-refractivity contribution in [1.29, 1.82) is 0 Å². The van der Waals surface area contributed by atoms with Gasteiger partial charge in [-0.2, -0.15) is 0 Å². The third-order valence-electron chi connectivity index (χ3n) is 15.4. The lowest BCUT2D eigenvalue weighted by atomic mass is 9.66. The minimum Gasteiger partial charge on any atom is -0.457 e. The predicted octanol–water partition coefficient (Wildman–Crippen LogP) is 17.3. The highest BCUT2D eigenvalue weighted by atomic mass is 32.2. The highest BCUT2D eigenvalue weighted by Crippen LogP contribution is 2.65. The Morgan fingerprint density at radius 3 is 1.51 bits per heavy atom. The first kappa shape index (κ1) is 38.7. The summed E-state index contributed by atoms with van der Waals surface area (Å²) in [7, 11) is 0. The van der Waals surface area contributed by atoms with Gasteiger partial charge in [0.2, 0.25) is 0 Å². The molecule has 322 valence electrons. The van der Waals surface area contributed by atoms with E-state index < -0.39 is 10.8 Å². The molecule has 0 atom stereocenters. The van der Waals surface area contributed by atoms with E-state index in [0.717, 1.165) is 45.3 Å². The summed E-state index contributed by atoms with van der Waals surface area (Å²) < 4.78 is 6.75. The monoisotopic (exact) mass is 895 g/mol. The van der Waals surface area contributed by atoms with E-state index in [9.17, 15) is 0 Å². The van der Waals surface area contributed by atoms with Crippen LogP contribution in [-0.2, 0) is 10.8 Å². The highest BCUT2D eigenvalue weighted by molar-refractivity contribution is 7.99. The van der Waals surface area contributed by atoms with Gasteiger partial charge in [-0.3, -0.25) is 0 Å². The van der Waals surface area contributed by atoms with E-state index in [1.54, 1.807) is 0 Å². The number of hydrogen-bond donors (Lipinski definition) is 0. The van der Waals surface area contributed by atoms with Crippen LogP contribution in [-0.4, -0.2) is 0 Å². The van der Waals surface area contributed by atoms with Crippen LogP contribution in [0, 0.1) is 0 Å². The molecular formula is C66H41NOS. The maximum atomic E-state index is 6.75. The van der Waals surface area contributed by atoms with Crippen molar-refractivity contribution in [2.45, 2.75) is 20.6 Å². The van der Waals surface area contributed by atoms with Crippen LogP contribution in [0.3, 0.4) is 0 Å². The molecule has 0 amide bonds. The molecule has 2 spiro atoms. The SMILES string of the molecule is c1ccc(-c2ccccc2N(c2ccc3c(c2)-c2cc4ccccc4cc2C32c3ccccc3Sc3ccccc32)c2ccc3c(c2)C2(c4ccccc4Oc4ccccc42)c2ccccc2-3)cc1. The van der Waals surface area contributed by atoms with E-state index in [4.69, 9.17) is 4.74 Å². The summed E-state index contributed by atoms with van der Waals surface area (Å²) in [5.74, 6) is 1.78. The van der Waals surface area contributed by atoms with Crippen molar-refractivity contribution in [3.05, 3.63) is 293 Å². The maximum absolute atomic E-state index is 6.75. The van der Waals surface area contributed by atoms with Crippen LogP contribution in [0.4, 0.5) is 17.1 Å². The van der Waals surface area contributed by atoms with Gasteiger partial charge in [0, 0.05) is 37.9 Å². The maximum Gasteiger partial charge on any atom is 0.132 e. The molecule has 11 aromatic carbocycles. The van der Waals surface area contributed by atoms with Crippen molar-refractivity contribution in [2.24, 2.45) is 0 Å². The molecule has 2 nitrogen and oxygen atoms in total. The summed E-state index contributed by atoms with van der Waals surface area (Å²) in [6.45, 7) is 0. The van der Waals surface area contributed by atoms with Crippen LogP contribution >= 0.6 is 11.8 Å². The van der Waals surface area contributed by atoms with Crippen molar-refractivity contribution in [3.63, 3.8) is 0 Å². The fraction of sp³-hybridized carbons (Fsp3) is 0.0303. The van der Waals surface area contributed by atoms with Crippen LogP contribution in [0.1, 0.15) is 44.5 Å². The largest absolute Gasteiger partial charge is 0.457 e. The standard InChI is InChI=1S/C66H41NOS/c1-2-18-42(19-3-1)47-22-7-13-29-60(47)67(46-34-36-49-48-23-6-8-24-52(48)65(59(49)41-46)54-25-9-14-30-61(54)68-62-31-15-10-26-55(62)65)45-35-37-53-51(40-45)50-38-43-20-4-5-21-44(43)39-58(50)66(53)56-27-11-16-32-63(56)69-64-33-17-12-28-57(64)66/h1-41H. The van der Waals surface area contributed by atoms with E-state index >= 15 is 0 Å². The van der Waals surface area contributed by atoms with Crippen molar-refractivity contribution in [3.8, 4) is 44.9 Å². The first-order valence-electron chi connectivity index (χ1n) is 23.8. The van der Waals surface area contributed by atoms with E-state index in [1.807, 2.05) is 11.8 Å². The summed E-state index contributed by atoms with van der Waals surface area (Å²) in [4.78, 5) is 5.12. The predicted molar refractivity (Wildman–Crippen MR) is 283 cm³/mol. The zero-order valence-electron chi connectivity index (χ0n) is 37.4. The molecule has 0 radical (unpaired) electrons. The topological polar surface area (TPSA) is 12.5 Å². The van der Waals surface area contributed by atoms with Gasteiger partial charge in [-0.05, 0) is 139 Å². The molecule has 0 saturated heterocycles. The number of anilines is 3. The molecule has 11 aromatic rings. The molecule has 2 heterocycles. The summed E-state index contributed by atoms with van der Waals surface area (Å²) in [5, 5.41) is 2.49. The zero-order valence-corrected chi connectivity index (χ0v) is 38.3. The van der Waals surface area contributed by atoms with E-state index in [2.05, 4.69) is 254 Å². The first-order valence-corrected chi connectivity index (χ1v) is 24.6. The Labute approximate surface area is 405 Å². The van der Waals surface area contributed by atoms with Gasteiger partial charge >= 0.3 is 0 Å². The van der Waals surface area contributed by atoms with Gasteiger partial charge < -0.3 is 9.64 Å². The number of benzene rings is 11. The first-order chi connectivity index (χ1) is 34.2. The fourth-order valence-electron chi connectivity index (χ4n) is 12.7. The Morgan fingerprint density at radius 1 is 0.304 bits per heavy atom. The summed E-state index contributed by atoms with van der Waals surface area (Å²) in [6.07, 6.45) is 0. The Balaban J connectivity index is 1.03. The average Bonchev–Trinajstić information content (AvgIpc) is 3.85. The Kier molecular flexibility index (Phi) is 8.17. The second-order valence-corrected chi connectivity index (χ2v) is 19.7. The second kappa shape index (κ2) is 14.6. The summed E-state index contributed by atoms with van der Waals surface area (Å²) in [6, 6.07) is 92.5. The Morgan fingerprint density at radius 2 is 0.783 bits per heavy atom. The molecule has 0 unspecified atom stereocenters. The number of nitrogens with zero attached hydrogens (tertiary/aromatic N) is 1. The molecule has 0 aromatic heterocycles. The van der Waals surface area contributed by atoms with Crippen molar-refractivity contribution in [2.75, 3.05) is 4.90 Å². The van der Waals surface area contributed by atoms with Crippen LogP contribution in [0.25, 0.3) is 44.2 Å². The number of ether oxygens (including phenoxy) is 1. The minimum atomic E-state index is -0.609. The molecule has 15 rings (SSSR count). The lowest BCUT2D eigenvalue weighted by molar-refractivity contribution is 0.436. The van der Waals surface area contributed by atoms with Crippen LogP contribution in [0.15, 0.2) is 259 Å². The number of para-hydroxylation sites is 3.